The Morgan fingerprint density at radius 3 is 2.53 bits per heavy atom. The van der Waals surface area contributed by atoms with Gasteiger partial charge in [0.1, 0.15) is 0 Å². The van der Waals surface area contributed by atoms with Gasteiger partial charge in [-0.15, -0.1) is 0 Å². The molecule has 1 aliphatic heterocycles. The number of nitrogens with two attached hydrogens (primary N) is 2. The quantitative estimate of drug-likeness (QED) is 0.712. The van der Waals surface area contributed by atoms with Gasteiger partial charge in [0, 0.05) is 12.1 Å². The van der Waals surface area contributed by atoms with Crippen molar-refractivity contribution in [3.63, 3.8) is 0 Å². The molecule has 1 rings (SSSR count). The smallest absolute Gasteiger partial charge is 0.237 e. The maximum absolute atomic E-state index is 11.1. The molecule has 0 aromatic carbocycles. The van der Waals surface area contributed by atoms with Crippen LogP contribution in [0.4, 0.5) is 0 Å². The van der Waals surface area contributed by atoms with Crippen LogP contribution in [0.25, 0.3) is 0 Å². The third-order valence-corrected chi connectivity index (χ3v) is 3.54. The zero-order valence-corrected chi connectivity index (χ0v) is 10.0. The summed E-state index contributed by atoms with van der Waals surface area (Å²) in [6, 6.07) is 0. The molecule has 0 bridgehead atoms. The SMILES string of the molecule is CC(N)(CCN1CCCC1(C)C)C(N)=O. The van der Waals surface area contributed by atoms with Crippen molar-refractivity contribution >= 4 is 5.91 Å². The zero-order valence-electron chi connectivity index (χ0n) is 10.0. The second-order valence-corrected chi connectivity index (χ2v) is 5.43. The van der Waals surface area contributed by atoms with Crippen LogP contribution >= 0.6 is 0 Å². The number of carbonyl (C=O) groups excluding carboxylic acids is 1. The number of amides is 1. The van der Waals surface area contributed by atoms with Gasteiger partial charge in [-0.05, 0) is 46.6 Å². The largest absolute Gasteiger partial charge is 0.368 e. The molecule has 15 heavy (non-hydrogen) atoms. The fraction of sp³-hybridized carbons (Fsp3) is 0.909. The van der Waals surface area contributed by atoms with Gasteiger partial charge < -0.3 is 11.5 Å². The van der Waals surface area contributed by atoms with Gasteiger partial charge in [-0.25, -0.2) is 0 Å². The maximum atomic E-state index is 11.1. The van der Waals surface area contributed by atoms with Gasteiger partial charge in [-0.2, -0.15) is 0 Å². The number of hydrogen-bond donors (Lipinski definition) is 2. The third kappa shape index (κ3) is 2.92. The Morgan fingerprint density at radius 2 is 2.13 bits per heavy atom. The van der Waals surface area contributed by atoms with E-state index in [1.54, 1.807) is 6.92 Å². The van der Waals surface area contributed by atoms with Crippen LogP contribution in [0.3, 0.4) is 0 Å². The van der Waals surface area contributed by atoms with Crippen LogP contribution in [-0.2, 0) is 4.79 Å². The van der Waals surface area contributed by atoms with Gasteiger partial charge in [-0.1, -0.05) is 0 Å². The summed E-state index contributed by atoms with van der Waals surface area (Å²) < 4.78 is 0. The van der Waals surface area contributed by atoms with Crippen molar-refractivity contribution < 1.29 is 4.79 Å². The minimum Gasteiger partial charge on any atom is -0.368 e. The van der Waals surface area contributed by atoms with Gasteiger partial charge in [0.2, 0.25) is 5.91 Å². The van der Waals surface area contributed by atoms with Gasteiger partial charge in [-0.3, -0.25) is 9.69 Å². The highest BCUT2D eigenvalue weighted by atomic mass is 16.1. The second kappa shape index (κ2) is 4.10. The predicted molar refractivity (Wildman–Crippen MR) is 61.3 cm³/mol. The molecule has 0 aromatic heterocycles. The van der Waals surface area contributed by atoms with E-state index in [2.05, 4.69) is 18.7 Å². The molecule has 1 saturated heterocycles. The van der Waals surface area contributed by atoms with E-state index in [1.165, 1.54) is 12.8 Å². The van der Waals surface area contributed by atoms with Crippen molar-refractivity contribution in [2.45, 2.75) is 51.1 Å². The van der Waals surface area contributed by atoms with Crippen LogP contribution in [0.2, 0.25) is 0 Å². The molecule has 0 radical (unpaired) electrons. The van der Waals surface area contributed by atoms with Crippen LogP contribution in [0.5, 0.6) is 0 Å². The van der Waals surface area contributed by atoms with Crippen LogP contribution in [0, 0.1) is 0 Å². The molecular formula is C11H23N3O. The molecule has 88 valence electrons. The van der Waals surface area contributed by atoms with Gasteiger partial charge >= 0.3 is 0 Å². The van der Waals surface area contributed by atoms with E-state index >= 15 is 0 Å². The number of carbonyl (C=O) groups is 1. The minimum absolute atomic E-state index is 0.244. The van der Waals surface area contributed by atoms with Crippen molar-refractivity contribution in [2.75, 3.05) is 13.1 Å². The molecule has 1 aliphatic rings. The summed E-state index contributed by atoms with van der Waals surface area (Å²) in [5, 5.41) is 0. The van der Waals surface area contributed by atoms with Crippen molar-refractivity contribution in [3.8, 4) is 0 Å². The van der Waals surface area contributed by atoms with E-state index in [9.17, 15) is 4.79 Å². The molecule has 1 unspecified atom stereocenters. The van der Waals surface area contributed by atoms with Crippen molar-refractivity contribution in [1.82, 2.24) is 4.90 Å². The van der Waals surface area contributed by atoms with E-state index in [-0.39, 0.29) is 5.54 Å². The first-order valence-corrected chi connectivity index (χ1v) is 5.59. The Kier molecular flexibility index (Phi) is 3.41. The van der Waals surface area contributed by atoms with E-state index < -0.39 is 11.4 Å². The topological polar surface area (TPSA) is 72.3 Å². The summed E-state index contributed by atoms with van der Waals surface area (Å²) in [7, 11) is 0. The van der Waals surface area contributed by atoms with E-state index in [4.69, 9.17) is 11.5 Å². The first-order valence-electron chi connectivity index (χ1n) is 5.59. The Hall–Kier alpha value is -0.610. The third-order valence-electron chi connectivity index (χ3n) is 3.54. The van der Waals surface area contributed by atoms with Crippen LogP contribution in [0.1, 0.15) is 40.0 Å². The molecule has 1 atom stereocenters. The van der Waals surface area contributed by atoms with Crippen LogP contribution < -0.4 is 11.5 Å². The molecule has 0 saturated carbocycles. The minimum atomic E-state index is -0.876. The Labute approximate surface area is 92.0 Å². The Bertz CT molecular complexity index is 248. The Morgan fingerprint density at radius 1 is 1.53 bits per heavy atom. The van der Waals surface area contributed by atoms with E-state index in [0.29, 0.717) is 6.42 Å². The summed E-state index contributed by atoms with van der Waals surface area (Å²) in [6.45, 7) is 8.12. The van der Waals surface area contributed by atoms with Crippen LogP contribution in [0.15, 0.2) is 0 Å². The lowest BCUT2D eigenvalue weighted by molar-refractivity contribution is -0.123. The standard InChI is InChI=1S/C11H23N3O/c1-10(2)5-4-7-14(10)8-6-11(3,13)9(12)15/h4-8,13H2,1-3H3,(H2,12,15). The lowest BCUT2D eigenvalue weighted by Crippen LogP contribution is -2.52. The molecule has 0 spiro atoms. The fourth-order valence-corrected chi connectivity index (χ4v) is 2.07. The molecular weight excluding hydrogens is 190 g/mol. The summed E-state index contributed by atoms with van der Waals surface area (Å²) in [5.41, 5.74) is 10.4. The summed E-state index contributed by atoms with van der Waals surface area (Å²) in [4.78, 5) is 13.5. The lowest BCUT2D eigenvalue weighted by Gasteiger charge is -2.33. The van der Waals surface area contributed by atoms with E-state index in [1.807, 2.05) is 0 Å². The number of likely N-dealkylation sites (tertiary alicyclic amines) is 1. The molecule has 4 N–H and O–H groups in total. The fourth-order valence-electron chi connectivity index (χ4n) is 2.07. The summed E-state index contributed by atoms with van der Waals surface area (Å²) >= 11 is 0. The highest BCUT2D eigenvalue weighted by molar-refractivity contribution is 5.83. The lowest BCUT2D eigenvalue weighted by atomic mass is 9.96. The summed E-state index contributed by atoms with van der Waals surface area (Å²) in [5.74, 6) is -0.417. The first-order chi connectivity index (χ1) is 6.76. The molecule has 1 fully saturated rings. The van der Waals surface area contributed by atoms with Crippen molar-refractivity contribution in [3.05, 3.63) is 0 Å². The molecule has 4 nitrogen and oxygen atoms in total. The average Bonchev–Trinajstić information content (AvgIpc) is 2.41. The number of primary amides is 1. The number of rotatable bonds is 4. The molecule has 1 heterocycles. The molecule has 1 amide bonds. The first kappa shape index (κ1) is 12.5. The van der Waals surface area contributed by atoms with E-state index in [0.717, 1.165) is 13.1 Å². The van der Waals surface area contributed by atoms with Gasteiger partial charge in [0.15, 0.2) is 0 Å². The summed E-state index contributed by atoms with van der Waals surface area (Å²) in [6.07, 6.45) is 3.07. The van der Waals surface area contributed by atoms with Crippen LogP contribution in [-0.4, -0.2) is 35.0 Å². The highest BCUT2D eigenvalue weighted by Crippen LogP contribution is 2.28. The Balaban J connectivity index is 2.47. The monoisotopic (exact) mass is 213 g/mol. The highest BCUT2D eigenvalue weighted by Gasteiger charge is 2.34. The normalized spacial score (nSPS) is 25.1. The van der Waals surface area contributed by atoms with Gasteiger partial charge in [0.05, 0.1) is 5.54 Å². The van der Waals surface area contributed by atoms with Crippen molar-refractivity contribution in [2.24, 2.45) is 11.5 Å². The average molecular weight is 213 g/mol. The number of hydrogen-bond acceptors (Lipinski definition) is 3. The van der Waals surface area contributed by atoms with Crippen molar-refractivity contribution in [1.29, 1.82) is 0 Å². The molecule has 4 heteroatoms. The predicted octanol–water partition coefficient (Wildman–Crippen LogP) is 0.454. The zero-order chi connectivity index (χ0) is 11.7. The van der Waals surface area contributed by atoms with Gasteiger partial charge in [0.25, 0.3) is 0 Å². The molecule has 0 aromatic rings. The number of nitrogens with zero attached hydrogens (tertiary/aromatic N) is 1. The molecule has 0 aliphatic carbocycles. The maximum Gasteiger partial charge on any atom is 0.237 e. The second-order valence-electron chi connectivity index (χ2n) is 5.43.